The molecule has 1 aromatic heterocycles. The second kappa shape index (κ2) is 5.05. The van der Waals surface area contributed by atoms with Crippen LogP contribution in [-0.4, -0.2) is 5.78 Å². The SMILES string of the molecule is CCc1oc2ccccc2c1C(=O)c1ccc(N)c(F)c1. The minimum atomic E-state index is -0.591. The van der Waals surface area contributed by atoms with E-state index in [9.17, 15) is 9.18 Å². The van der Waals surface area contributed by atoms with Gasteiger partial charge in [0.1, 0.15) is 17.2 Å². The lowest BCUT2D eigenvalue weighted by molar-refractivity contribution is 0.103. The second-order valence-corrected chi connectivity index (χ2v) is 4.82. The molecule has 2 aromatic carbocycles. The Hall–Kier alpha value is -2.62. The molecule has 0 bridgehead atoms. The minimum Gasteiger partial charge on any atom is -0.460 e. The van der Waals surface area contributed by atoms with E-state index >= 15 is 0 Å². The van der Waals surface area contributed by atoms with Gasteiger partial charge in [0.15, 0.2) is 5.78 Å². The number of benzene rings is 2. The van der Waals surface area contributed by atoms with Crippen molar-refractivity contribution in [1.29, 1.82) is 0 Å². The van der Waals surface area contributed by atoms with Gasteiger partial charge < -0.3 is 10.2 Å². The fraction of sp³-hybridized carbons (Fsp3) is 0.118. The monoisotopic (exact) mass is 283 g/mol. The molecule has 0 amide bonds. The summed E-state index contributed by atoms with van der Waals surface area (Å²) in [5.74, 6) is -0.235. The maximum absolute atomic E-state index is 13.6. The highest BCUT2D eigenvalue weighted by molar-refractivity contribution is 6.16. The van der Waals surface area contributed by atoms with Gasteiger partial charge in [-0.1, -0.05) is 25.1 Å². The number of fused-ring (bicyclic) bond motifs is 1. The van der Waals surface area contributed by atoms with Crippen molar-refractivity contribution in [3.63, 3.8) is 0 Å². The molecule has 3 nitrogen and oxygen atoms in total. The highest BCUT2D eigenvalue weighted by Gasteiger charge is 2.21. The summed E-state index contributed by atoms with van der Waals surface area (Å²) in [6.07, 6.45) is 0.590. The summed E-state index contributed by atoms with van der Waals surface area (Å²) in [6.45, 7) is 1.91. The van der Waals surface area contributed by atoms with E-state index in [1.54, 1.807) is 0 Å². The Morgan fingerprint density at radius 3 is 2.71 bits per heavy atom. The van der Waals surface area contributed by atoms with Gasteiger partial charge in [-0.2, -0.15) is 0 Å². The van der Waals surface area contributed by atoms with E-state index in [1.807, 2.05) is 31.2 Å². The first-order valence-corrected chi connectivity index (χ1v) is 6.72. The van der Waals surface area contributed by atoms with E-state index in [0.717, 1.165) is 5.39 Å². The lowest BCUT2D eigenvalue weighted by Crippen LogP contribution is -2.05. The van der Waals surface area contributed by atoms with E-state index in [4.69, 9.17) is 10.2 Å². The van der Waals surface area contributed by atoms with Gasteiger partial charge in [-0.15, -0.1) is 0 Å². The Labute approximate surface area is 121 Å². The number of furan rings is 1. The van der Waals surface area contributed by atoms with Gasteiger partial charge in [0.2, 0.25) is 0 Å². The van der Waals surface area contributed by atoms with Crippen LogP contribution in [0, 0.1) is 5.82 Å². The van der Waals surface area contributed by atoms with Crippen LogP contribution in [0.1, 0.15) is 28.6 Å². The van der Waals surface area contributed by atoms with Crippen LogP contribution < -0.4 is 5.73 Å². The number of carbonyl (C=O) groups is 1. The molecular formula is C17H14FNO2. The molecule has 0 unspecified atom stereocenters. The van der Waals surface area contributed by atoms with E-state index in [1.165, 1.54) is 18.2 Å². The van der Waals surface area contributed by atoms with Gasteiger partial charge >= 0.3 is 0 Å². The van der Waals surface area contributed by atoms with Gasteiger partial charge in [0, 0.05) is 17.4 Å². The van der Waals surface area contributed by atoms with Crippen molar-refractivity contribution in [2.75, 3.05) is 5.73 Å². The maximum atomic E-state index is 13.6. The van der Waals surface area contributed by atoms with Crippen molar-refractivity contribution >= 4 is 22.4 Å². The number of nitrogens with two attached hydrogens (primary N) is 1. The van der Waals surface area contributed by atoms with Crippen molar-refractivity contribution in [3.8, 4) is 0 Å². The number of hydrogen-bond donors (Lipinski definition) is 1. The van der Waals surface area contributed by atoms with Crippen molar-refractivity contribution in [2.45, 2.75) is 13.3 Å². The zero-order valence-electron chi connectivity index (χ0n) is 11.5. The average Bonchev–Trinajstić information content (AvgIpc) is 2.87. The first-order valence-electron chi connectivity index (χ1n) is 6.72. The summed E-state index contributed by atoms with van der Waals surface area (Å²) >= 11 is 0. The van der Waals surface area contributed by atoms with Crippen LogP contribution in [0.4, 0.5) is 10.1 Å². The van der Waals surface area contributed by atoms with Crippen LogP contribution in [0.5, 0.6) is 0 Å². The van der Waals surface area contributed by atoms with Crippen molar-refractivity contribution in [2.24, 2.45) is 0 Å². The third-order valence-electron chi connectivity index (χ3n) is 3.48. The van der Waals surface area contributed by atoms with E-state index in [-0.39, 0.29) is 17.0 Å². The van der Waals surface area contributed by atoms with Crippen LogP contribution in [0.15, 0.2) is 46.9 Å². The molecule has 3 rings (SSSR count). The van der Waals surface area contributed by atoms with Crippen LogP contribution in [0.2, 0.25) is 0 Å². The highest BCUT2D eigenvalue weighted by atomic mass is 19.1. The number of halogens is 1. The quantitative estimate of drug-likeness (QED) is 0.585. The molecule has 106 valence electrons. The van der Waals surface area contributed by atoms with Crippen LogP contribution in [0.3, 0.4) is 0 Å². The van der Waals surface area contributed by atoms with Gasteiger partial charge in [-0.25, -0.2) is 4.39 Å². The highest BCUT2D eigenvalue weighted by Crippen LogP contribution is 2.29. The largest absolute Gasteiger partial charge is 0.460 e. The zero-order valence-corrected chi connectivity index (χ0v) is 11.5. The number of hydrogen-bond acceptors (Lipinski definition) is 3. The topological polar surface area (TPSA) is 56.2 Å². The Balaban J connectivity index is 2.18. The molecule has 0 radical (unpaired) electrons. The molecule has 4 heteroatoms. The number of para-hydroxylation sites is 1. The van der Waals surface area contributed by atoms with Crippen molar-refractivity contribution in [3.05, 3.63) is 65.2 Å². The number of aryl methyl sites for hydroxylation is 1. The number of ketones is 1. The molecule has 0 saturated carbocycles. The molecule has 2 N–H and O–H groups in total. The number of rotatable bonds is 3. The summed E-state index contributed by atoms with van der Waals surface area (Å²) in [7, 11) is 0. The summed E-state index contributed by atoms with van der Waals surface area (Å²) in [6, 6.07) is 11.4. The van der Waals surface area contributed by atoms with Crippen LogP contribution in [0.25, 0.3) is 11.0 Å². The molecule has 0 aliphatic rings. The molecule has 0 saturated heterocycles. The molecule has 1 heterocycles. The molecule has 0 fully saturated rings. The molecule has 21 heavy (non-hydrogen) atoms. The Morgan fingerprint density at radius 1 is 1.24 bits per heavy atom. The summed E-state index contributed by atoms with van der Waals surface area (Å²) in [4.78, 5) is 12.7. The molecule has 3 aromatic rings. The third-order valence-corrected chi connectivity index (χ3v) is 3.48. The first kappa shape index (κ1) is 13.4. The Morgan fingerprint density at radius 2 is 2.00 bits per heavy atom. The number of nitrogen functional groups attached to an aromatic ring is 1. The molecular weight excluding hydrogens is 269 g/mol. The van der Waals surface area contributed by atoms with Gasteiger partial charge in [-0.05, 0) is 24.3 Å². The molecule has 0 spiro atoms. The lowest BCUT2D eigenvalue weighted by Gasteiger charge is -2.03. The normalized spacial score (nSPS) is 11.0. The molecule has 0 aliphatic carbocycles. The maximum Gasteiger partial charge on any atom is 0.197 e. The third kappa shape index (κ3) is 2.18. The lowest BCUT2D eigenvalue weighted by atomic mass is 9.99. The average molecular weight is 283 g/mol. The van der Waals surface area contributed by atoms with Crippen molar-refractivity contribution in [1.82, 2.24) is 0 Å². The molecule has 0 aliphatic heterocycles. The van der Waals surface area contributed by atoms with Gasteiger partial charge in [0.25, 0.3) is 0 Å². The second-order valence-electron chi connectivity index (χ2n) is 4.82. The van der Waals surface area contributed by atoms with E-state index < -0.39 is 5.82 Å². The van der Waals surface area contributed by atoms with E-state index in [2.05, 4.69) is 0 Å². The summed E-state index contributed by atoms with van der Waals surface area (Å²) in [5.41, 5.74) is 6.90. The number of carbonyl (C=O) groups excluding carboxylic acids is 1. The zero-order chi connectivity index (χ0) is 15.0. The van der Waals surface area contributed by atoms with E-state index in [0.29, 0.717) is 23.3 Å². The smallest absolute Gasteiger partial charge is 0.197 e. The summed E-state index contributed by atoms with van der Waals surface area (Å²) < 4.78 is 19.3. The summed E-state index contributed by atoms with van der Waals surface area (Å²) in [5, 5.41) is 0.747. The molecule has 0 atom stereocenters. The fourth-order valence-corrected chi connectivity index (χ4v) is 2.41. The predicted molar refractivity (Wildman–Crippen MR) is 79.8 cm³/mol. The predicted octanol–water partition coefficient (Wildman–Crippen LogP) is 3.95. The minimum absolute atomic E-state index is 0.0271. The Bertz CT molecular complexity index is 836. The van der Waals surface area contributed by atoms with Crippen molar-refractivity contribution < 1.29 is 13.6 Å². The van der Waals surface area contributed by atoms with Gasteiger partial charge in [-0.3, -0.25) is 4.79 Å². The fourth-order valence-electron chi connectivity index (χ4n) is 2.41. The van der Waals surface area contributed by atoms with Crippen LogP contribution >= 0.6 is 0 Å². The van der Waals surface area contributed by atoms with Crippen LogP contribution in [-0.2, 0) is 6.42 Å². The first-order chi connectivity index (χ1) is 10.1. The number of anilines is 1. The Kier molecular flexibility index (Phi) is 3.22. The van der Waals surface area contributed by atoms with Gasteiger partial charge in [0.05, 0.1) is 11.3 Å². The standard InChI is InChI=1S/C17H14FNO2/c1-2-14-16(11-5-3-4-6-15(11)21-14)17(20)10-7-8-13(19)12(18)9-10/h3-9H,2,19H2,1H3.